The Morgan fingerprint density at radius 2 is 2.00 bits per heavy atom. The molecule has 1 aliphatic rings. The Balaban J connectivity index is 1.41. The highest BCUT2D eigenvalue weighted by Gasteiger charge is 2.28. The van der Waals surface area contributed by atoms with E-state index in [0.717, 1.165) is 24.0 Å². The van der Waals surface area contributed by atoms with E-state index in [2.05, 4.69) is 10.2 Å². The van der Waals surface area contributed by atoms with Crippen LogP contribution in [0.2, 0.25) is 0 Å². The second kappa shape index (κ2) is 6.55. The Morgan fingerprint density at radius 3 is 2.72 bits per heavy atom. The van der Waals surface area contributed by atoms with Gasteiger partial charge in [0, 0.05) is 24.6 Å². The molecule has 128 valence electrons. The minimum atomic E-state index is 0.0870. The Hall–Kier alpha value is -2.89. The van der Waals surface area contributed by atoms with Crippen molar-refractivity contribution in [2.45, 2.75) is 25.7 Å². The van der Waals surface area contributed by atoms with E-state index in [-0.39, 0.29) is 11.8 Å². The van der Waals surface area contributed by atoms with Crippen molar-refractivity contribution in [1.82, 2.24) is 15.1 Å². The minimum Gasteiger partial charge on any atom is -0.459 e. The van der Waals surface area contributed by atoms with E-state index >= 15 is 0 Å². The first-order valence-electron chi connectivity index (χ1n) is 8.44. The third-order valence-electron chi connectivity index (χ3n) is 4.57. The molecule has 0 unspecified atom stereocenters. The smallest absolute Gasteiger partial charge is 0.283 e. The fourth-order valence-corrected chi connectivity index (χ4v) is 3.19. The van der Waals surface area contributed by atoms with Gasteiger partial charge in [0.15, 0.2) is 5.76 Å². The number of piperidine rings is 1. The first-order valence-corrected chi connectivity index (χ1v) is 8.44. The van der Waals surface area contributed by atoms with Gasteiger partial charge in [-0.05, 0) is 44.0 Å². The Kier molecular flexibility index (Phi) is 4.09. The maximum absolute atomic E-state index is 12.6. The van der Waals surface area contributed by atoms with Crippen molar-refractivity contribution < 1.29 is 13.6 Å². The molecule has 6 nitrogen and oxygen atoms in total. The number of hydrogen-bond donors (Lipinski definition) is 0. The molecule has 1 aliphatic heterocycles. The maximum atomic E-state index is 12.6. The molecule has 1 amide bonds. The van der Waals surface area contributed by atoms with Crippen LogP contribution in [0.3, 0.4) is 0 Å². The second-order valence-corrected chi connectivity index (χ2v) is 6.36. The van der Waals surface area contributed by atoms with Gasteiger partial charge in [-0.15, -0.1) is 10.2 Å². The molecule has 1 fully saturated rings. The highest BCUT2D eigenvalue weighted by atomic mass is 16.4. The van der Waals surface area contributed by atoms with Crippen molar-refractivity contribution in [2.24, 2.45) is 0 Å². The molecule has 25 heavy (non-hydrogen) atoms. The number of carbonyl (C=O) groups is 1. The van der Waals surface area contributed by atoms with Gasteiger partial charge in [0.1, 0.15) is 0 Å². The van der Waals surface area contributed by atoms with Crippen LogP contribution in [-0.2, 0) is 0 Å². The second-order valence-electron chi connectivity index (χ2n) is 6.36. The monoisotopic (exact) mass is 337 g/mol. The third kappa shape index (κ3) is 3.20. The number of benzene rings is 1. The summed E-state index contributed by atoms with van der Waals surface area (Å²) < 4.78 is 11.0. The zero-order chi connectivity index (χ0) is 17.2. The van der Waals surface area contributed by atoms with Crippen LogP contribution in [0.5, 0.6) is 0 Å². The molecule has 1 saturated heterocycles. The minimum absolute atomic E-state index is 0.0870. The molecule has 0 radical (unpaired) electrons. The lowest BCUT2D eigenvalue weighted by molar-refractivity contribution is 0.0706. The van der Waals surface area contributed by atoms with Gasteiger partial charge in [0.2, 0.25) is 5.89 Å². The fraction of sp³-hybridized carbons (Fsp3) is 0.316. The van der Waals surface area contributed by atoms with Crippen molar-refractivity contribution >= 4 is 5.91 Å². The summed E-state index contributed by atoms with van der Waals surface area (Å²) >= 11 is 0. The van der Waals surface area contributed by atoms with Crippen molar-refractivity contribution in [3.8, 4) is 11.7 Å². The van der Waals surface area contributed by atoms with Gasteiger partial charge in [-0.3, -0.25) is 4.79 Å². The number of aromatic nitrogens is 2. The molecular weight excluding hydrogens is 318 g/mol. The molecule has 0 spiro atoms. The van der Waals surface area contributed by atoms with Gasteiger partial charge >= 0.3 is 0 Å². The molecule has 3 aromatic rings. The fourth-order valence-electron chi connectivity index (χ4n) is 3.19. The van der Waals surface area contributed by atoms with Crippen LogP contribution in [0, 0.1) is 6.92 Å². The molecule has 1 aromatic carbocycles. The summed E-state index contributed by atoms with van der Waals surface area (Å²) in [6.07, 6.45) is 3.21. The average molecular weight is 337 g/mol. The Labute approximate surface area is 145 Å². The van der Waals surface area contributed by atoms with Gasteiger partial charge in [0.05, 0.1) is 6.26 Å². The predicted octanol–water partition coefficient (Wildman–Crippen LogP) is 3.66. The third-order valence-corrected chi connectivity index (χ3v) is 4.57. The summed E-state index contributed by atoms with van der Waals surface area (Å²) in [6.45, 7) is 3.38. The number of rotatable bonds is 3. The summed E-state index contributed by atoms with van der Waals surface area (Å²) in [5.74, 6) is 1.86. The highest BCUT2D eigenvalue weighted by Crippen LogP contribution is 2.30. The summed E-state index contributed by atoms with van der Waals surface area (Å²) in [4.78, 5) is 14.5. The van der Waals surface area contributed by atoms with Gasteiger partial charge < -0.3 is 13.7 Å². The van der Waals surface area contributed by atoms with Crippen molar-refractivity contribution in [3.63, 3.8) is 0 Å². The summed E-state index contributed by atoms with van der Waals surface area (Å²) in [5, 5.41) is 8.21. The Morgan fingerprint density at radius 1 is 1.16 bits per heavy atom. The molecule has 6 heteroatoms. The predicted molar refractivity (Wildman–Crippen MR) is 91.1 cm³/mol. The number of likely N-dealkylation sites (tertiary alicyclic amines) is 1. The first kappa shape index (κ1) is 15.6. The average Bonchev–Trinajstić information content (AvgIpc) is 3.32. The van der Waals surface area contributed by atoms with E-state index in [1.165, 1.54) is 0 Å². The van der Waals surface area contributed by atoms with Crippen molar-refractivity contribution in [2.75, 3.05) is 13.1 Å². The molecule has 0 N–H and O–H groups in total. The van der Waals surface area contributed by atoms with Gasteiger partial charge in [-0.2, -0.15) is 0 Å². The SMILES string of the molecule is Cc1cccc(C(=O)N2CCC(c3nnc(-c4ccco4)o3)CC2)c1. The lowest BCUT2D eigenvalue weighted by Gasteiger charge is -2.30. The van der Waals surface area contributed by atoms with Crippen LogP contribution in [0.15, 0.2) is 51.5 Å². The molecule has 3 heterocycles. The van der Waals surface area contributed by atoms with Gasteiger partial charge in [-0.1, -0.05) is 17.7 Å². The zero-order valence-electron chi connectivity index (χ0n) is 14.0. The molecule has 0 saturated carbocycles. The van der Waals surface area contributed by atoms with E-state index in [9.17, 15) is 4.79 Å². The molecule has 0 atom stereocenters. The summed E-state index contributed by atoms with van der Waals surface area (Å²) in [6, 6.07) is 11.3. The van der Waals surface area contributed by atoms with Crippen LogP contribution in [0.4, 0.5) is 0 Å². The van der Waals surface area contributed by atoms with E-state index in [4.69, 9.17) is 8.83 Å². The van der Waals surface area contributed by atoms with Crippen LogP contribution in [0.1, 0.15) is 40.6 Å². The maximum Gasteiger partial charge on any atom is 0.283 e. The number of furan rings is 1. The number of amides is 1. The Bertz CT molecular complexity index is 862. The summed E-state index contributed by atoms with van der Waals surface area (Å²) in [5.41, 5.74) is 1.84. The normalized spacial score (nSPS) is 15.5. The topological polar surface area (TPSA) is 72.4 Å². The number of nitrogens with zero attached hydrogens (tertiary/aromatic N) is 3. The number of aryl methyl sites for hydroxylation is 1. The van der Waals surface area contributed by atoms with Crippen molar-refractivity contribution in [3.05, 3.63) is 59.7 Å². The van der Waals surface area contributed by atoms with E-state index in [1.54, 1.807) is 18.4 Å². The van der Waals surface area contributed by atoms with E-state index in [1.807, 2.05) is 36.1 Å². The molecule has 4 rings (SSSR count). The molecule has 0 bridgehead atoms. The first-order chi connectivity index (χ1) is 12.2. The van der Waals surface area contributed by atoms with E-state index < -0.39 is 0 Å². The zero-order valence-corrected chi connectivity index (χ0v) is 14.0. The quantitative estimate of drug-likeness (QED) is 0.729. The lowest BCUT2D eigenvalue weighted by Crippen LogP contribution is -2.38. The van der Waals surface area contributed by atoms with Crippen molar-refractivity contribution in [1.29, 1.82) is 0 Å². The summed E-state index contributed by atoms with van der Waals surface area (Å²) in [7, 11) is 0. The van der Waals surface area contributed by atoms with Gasteiger partial charge in [-0.25, -0.2) is 0 Å². The molecule has 2 aromatic heterocycles. The van der Waals surface area contributed by atoms with Crippen LogP contribution in [-0.4, -0.2) is 34.1 Å². The van der Waals surface area contributed by atoms with E-state index in [0.29, 0.717) is 30.6 Å². The standard InChI is InChI=1S/C19H19N3O3/c1-13-4-2-5-15(12-13)19(23)22-9-7-14(8-10-22)17-20-21-18(25-17)16-6-3-11-24-16/h2-6,11-12,14H,7-10H2,1H3. The number of hydrogen-bond acceptors (Lipinski definition) is 5. The van der Waals surface area contributed by atoms with Crippen LogP contribution in [0.25, 0.3) is 11.7 Å². The number of carbonyl (C=O) groups excluding carboxylic acids is 1. The molecule has 0 aliphatic carbocycles. The largest absolute Gasteiger partial charge is 0.459 e. The van der Waals surface area contributed by atoms with Crippen LogP contribution < -0.4 is 0 Å². The lowest BCUT2D eigenvalue weighted by atomic mass is 9.96. The van der Waals surface area contributed by atoms with Gasteiger partial charge in [0.25, 0.3) is 11.8 Å². The highest BCUT2D eigenvalue weighted by molar-refractivity contribution is 5.94. The van der Waals surface area contributed by atoms with Crippen LogP contribution >= 0.6 is 0 Å². The molecular formula is C19H19N3O3.